The molecular weight excluding hydrogens is 220 g/mol. The van der Waals surface area contributed by atoms with Crippen molar-refractivity contribution >= 4 is 0 Å². The van der Waals surface area contributed by atoms with E-state index in [0.717, 1.165) is 18.0 Å². The third kappa shape index (κ3) is 3.34. The van der Waals surface area contributed by atoms with Crippen molar-refractivity contribution in [2.75, 3.05) is 13.1 Å². The highest BCUT2D eigenvalue weighted by molar-refractivity contribution is 5.37. The van der Waals surface area contributed by atoms with Gasteiger partial charge in [-0.15, -0.1) is 0 Å². The third-order valence-electron chi connectivity index (χ3n) is 3.98. The number of hydrogen-bond acceptors (Lipinski definition) is 2. The molecule has 1 fully saturated rings. The summed E-state index contributed by atoms with van der Waals surface area (Å²) in [5.41, 5.74) is 3.37. The molecule has 96 valence electrons. The van der Waals surface area contributed by atoms with Crippen LogP contribution in [0, 0.1) is 24.2 Å². The minimum absolute atomic E-state index is 0.765. The zero-order valence-corrected chi connectivity index (χ0v) is 11.4. The lowest BCUT2D eigenvalue weighted by atomic mass is 10.0. The highest BCUT2D eigenvalue weighted by Crippen LogP contribution is 2.19. The van der Waals surface area contributed by atoms with Gasteiger partial charge >= 0.3 is 0 Å². The van der Waals surface area contributed by atoms with Crippen LogP contribution in [0.2, 0.25) is 0 Å². The molecule has 0 N–H and O–H groups in total. The van der Waals surface area contributed by atoms with Crippen molar-refractivity contribution in [2.24, 2.45) is 5.92 Å². The summed E-state index contributed by atoms with van der Waals surface area (Å²) in [5.74, 6) is 0.872. The molecule has 0 spiro atoms. The molecule has 2 heteroatoms. The molecule has 1 unspecified atom stereocenters. The summed E-state index contributed by atoms with van der Waals surface area (Å²) >= 11 is 0. The highest BCUT2D eigenvalue weighted by Gasteiger charge is 2.14. The van der Waals surface area contributed by atoms with Crippen LogP contribution in [-0.4, -0.2) is 18.0 Å². The molecule has 1 aromatic rings. The minimum Gasteiger partial charge on any atom is -0.299 e. The number of nitrogens with zero attached hydrogens (tertiary/aromatic N) is 2. The van der Waals surface area contributed by atoms with E-state index in [0.29, 0.717) is 0 Å². The zero-order valence-electron chi connectivity index (χ0n) is 11.4. The van der Waals surface area contributed by atoms with Gasteiger partial charge in [0.1, 0.15) is 0 Å². The Balaban J connectivity index is 2.03. The molecule has 0 amide bonds. The highest BCUT2D eigenvalue weighted by atomic mass is 15.1. The van der Waals surface area contributed by atoms with Crippen LogP contribution in [0.1, 0.15) is 42.9 Å². The van der Waals surface area contributed by atoms with E-state index in [2.05, 4.69) is 30.9 Å². The van der Waals surface area contributed by atoms with Gasteiger partial charge in [-0.1, -0.05) is 13.0 Å². The molecule has 1 heterocycles. The summed E-state index contributed by atoms with van der Waals surface area (Å²) in [7, 11) is 0. The normalized spacial score (nSPS) is 21.3. The van der Waals surface area contributed by atoms with Gasteiger partial charge < -0.3 is 0 Å². The molecule has 1 saturated heterocycles. The van der Waals surface area contributed by atoms with Crippen LogP contribution in [0.4, 0.5) is 0 Å². The third-order valence-corrected chi connectivity index (χ3v) is 3.98. The molecule has 0 aromatic heterocycles. The van der Waals surface area contributed by atoms with Gasteiger partial charge in [0.05, 0.1) is 11.6 Å². The van der Waals surface area contributed by atoms with Crippen LogP contribution < -0.4 is 0 Å². The second kappa shape index (κ2) is 6.02. The first-order valence-electron chi connectivity index (χ1n) is 6.91. The maximum Gasteiger partial charge on any atom is 0.0991 e. The van der Waals surface area contributed by atoms with Crippen molar-refractivity contribution in [3.63, 3.8) is 0 Å². The Morgan fingerprint density at radius 3 is 2.89 bits per heavy atom. The second-order valence-corrected chi connectivity index (χ2v) is 5.57. The van der Waals surface area contributed by atoms with Gasteiger partial charge in [0, 0.05) is 6.54 Å². The number of likely N-dealkylation sites (tertiary alicyclic amines) is 1. The van der Waals surface area contributed by atoms with Crippen LogP contribution >= 0.6 is 0 Å². The zero-order chi connectivity index (χ0) is 13.0. The quantitative estimate of drug-likeness (QED) is 0.793. The average Bonchev–Trinajstić information content (AvgIpc) is 2.57. The summed E-state index contributed by atoms with van der Waals surface area (Å²) in [6, 6.07) is 8.24. The molecule has 1 atom stereocenters. The van der Waals surface area contributed by atoms with E-state index in [1.165, 1.54) is 43.5 Å². The molecule has 0 bridgehead atoms. The van der Waals surface area contributed by atoms with Gasteiger partial charge in [0.2, 0.25) is 0 Å². The van der Waals surface area contributed by atoms with Crippen molar-refractivity contribution in [1.29, 1.82) is 5.26 Å². The second-order valence-electron chi connectivity index (χ2n) is 5.57. The van der Waals surface area contributed by atoms with E-state index in [9.17, 15) is 0 Å². The molecule has 18 heavy (non-hydrogen) atoms. The number of hydrogen-bond donors (Lipinski definition) is 0. The van der Waals surface area contributed by atoms with E-state index < -0.39 is 0 Å². The Bertz CT molecular complexity index is 445. The van der Waals surface area contributed by atoms with Crippen molar-refractivity contribution in [1.82, 2.24) is 4.90 Å². The summed E-state index contributed by atoms with van der Waals surface area (Å²) in [5, 5.41) is 8.88. The van der Waals surface area contributed by atoms with Crippen LogP contribution in [0.3, 0.4) is 0 Å². The van der Waals surface area contributed by atoms with E-state index in [1.54, 1.807) is 0 Å². The molecule has 1 aromatic carbocycles. The van der Waals surface area contributed by atoms with Crippen LogP contribution in [0.25, 0.3) is 0 Å². The van der Waals surface area contributed by atoms with Crippen LogP contribution in [0.5, 0.6) is 0 Å². The largest absolute Gasteiger partial charge is 0.299 e. The maximum absolute atomic E-state index is 8.88. The predicted molar refractivity (Wildman–Crippen MR) is 74.2 cm³/mol. The van der Waals surface area contributed by atoms with E-state index in [1.807, 2.05) is 12.1 Å². The molecular formula is C16H22N2. The fraction of sp³-hybridized carbons (Fsp3) is 0.562. The Kier molecular flexibility index (Phi) is 4.38. The molecule has 2 rings (SSSR count). The molecule has 0 saturated carbocycles. The molecule has 2 nitrogen and oxygen atoms in total. The number of rotatable bonds is 2. The van der Waals surface area contributed by atoms with Crippen molar-refractivity contribution in [3.8, 4) is 6.07 Å². The van der Waals surface area contributed by atoms with Crippen molar-refractivity contribution in [3.05, 3.63) is 34.9 Å². The Morgan fingerprint density at radius 1 is 1.33 bits per heavy atom. The predicted octanol–water partition coefficient (Wildman–Crippen LogP) is 3.49. The number of nitriles is 1. The first-order chi connectivity index (χ1) is 8.69. The van der Waals surface area contributed by atoms with Gasteiger partial charge in [0.25, 0.3) is 0 Å². The number of aryl methyl sites for hydroxylation is 1. The van der Waals surface area contributed by atoms with E-state index >= 15 is 0 Å². The molecule has 0 aliphatic carbocycles. The Labute approximate surface area is 110 Å². The van der Waals surface area contributed by atoms with Crippen molar-refractivity contribution in [2.45, 2.75) is 39.7 Å². The first kappa shape index (κ1) is 13.1. The van der Waals surface area contributed by atoms with Crippen molar-refractivity contribution < 1.29 is 0 Å². The summed E-state index contributed by atoms with van der Waals surface area (Å²) in [6.07, 6.45) is 3.99. The summed E-state index contributed by atoms with van der Waals surface area (Å²) < 4.78 is 0. The fourth-order valence-electron chi connectivity index (χ4n) is 2.66. The molecule has 1 aliphatic rings. The summed E-state index contributed by atoms with van der Waals surface area (Å²) in [4.78, 5) is 2.55. The maximum atomic E-state index is 8.88. The standard InChI is InChI=1S/C16H22N2/c1-13-4-3-8-18(9-7-13)12-16-6-5-15(11-17)10-14(16)2/h5-6,10,13H,3-4,7-9,12H2,1-2H3. The molecule has 0 radical (unpaired) electrons. The SMILES string of the molecule is Cc1cc(C#N)ccc1CN1CCCC(C)CC1. The Morgan fingerprint density at radius 2 is 2.17 bits per heavy atom. The first-order valence-corrected chi connectivity index (χ1v) is 6.91. The van der Waals surface area contributed by atoms with E-state index in [-0.39, 0.29) is 0 Å². The monoisotopic (exact) mass is 242 g/mol. The van der Waals surface area contributed by atoms with Gasteiger partial charge in [-0.25, -0.2) is 0 Å². The lowest BCUT2D eigenvalue weighted by Crippen LogP contribution is -2.24. The van der Waals surface area contributed by atoms with E-state index in [4.69, 9.17) is 5.26 Å². The average molecular weight is 242 g/mol. The van der Waals surface area contributed by atoms with Crippen LogP contribution in [-0.2, 0) is 6.54 Å². The smallest absolute Gasteiger partial charge is 0.0991 e. The van der Waals surface area contributed by atoms with Gasteiger partial charge in [0.15, 0.2) is 0 Å². The van der Waals surface area contributed by atoms with Gasteiger partial charge in [-0.3, -0.25) is 4.90 Å². The fourth-order valence-corrected chi connectivity index (χ4v) is 2.66. The topological polar surface area (TPSA) is 27.0 Å². The van der Waals surface area contributed by atoms with Gasteiger partial charge in [-0.2, -0.15) is 5.26 Å². The number of benzene rings is 1. The molecule has 1 aliphatic heterocycles. The summed E-state index contributed by atoms with van der Waals surface area (Å²) in [6.45, 7) is 7.92. The lowest BCUT2D eigenvalue weighted by Gasteiger charge is -2.21. The minimum atomic E-state index is 0.765. The van der Waals surface area contributed by atoms with Gasteiger partial charge in [-0.05, 0) is 68.5 Å². The van der Waals surface area contributed by atoms with Crippen LogP contribution in [0.15, 0.2) is 18.2 Å². The Hall–Kier alpha value is -1.33. The lowest BCUT2D eigenvalue weighted by molar-refractivity contribution is 0.273.